The van der Waals surface area contributed by atoms with Gasteiger partial charge >= 0.3 is 0 Å². The molecule has 1 amide bonds. The predicted octanol–water partition coefficient (Wildman–Crippen LogP) is 4.09. The van der Waals surface area contributed by atoms with E-state index in [2.05, 4.69) is 22.3 Å². The number of hydrogen-bond acceptors (Lipinski definition) is 3. The van der Waals surface area contributed by atoms with Gasteiger partial charge in [0.2, 0.25) is 5.91 Å². The third-order valence-corrected chi connectivity index (χ3v) is 4.93. The zero-order valence-corrected chi connectivity index (χ0v) is 15.2. The molecule has 0 unspecified atom stereocenters. The summed E-state index contributed by atoms with van der Waals surface area (Å²) < 4.78 is 5.34. The monoisotopic (exact) mass is 338 g/mol. The van der Waals surface area contributed by atoms with Crippen molar-refractivity contribution in [2.24, 2.45) is 0 Å². The summed E-state index contributed by atoms with van der Waals surface area (Å²) in [6.45, 7) is 5.41. The third-order valence-electron chi connectivity index (χ3n) is 4.93. The molecule has 0 radical (unpaired) electrons. The Morgan fingerprint density at radius 3 is 2.64 bits per heavy atom. The summed E-state index contributed by atoms with van der Waals surface area (Å²) in [6, 6.07) is 14.5. The van der Waals surface area contributed by atoms with Gasteiger partial charge in [0.1, 0.15) is 5.75 Å². The van der Waals surface area contributed by atoms with Crippen LogP contribution >= 0.6 is 0 Å². The Bertz CT molecular complexity index is 737. The first kappa shape index (κ1) is 17.5. The molecular formula is C21H26N2O2. The molecular weight excluding hydrogens is 312 g/mol. The van der Waals surface area contributed by atoms with E-state index in [-0.39, 0.29) is 11.9 Å². The van der Waals surface area contributed by atoms with Gasteiger partial charge in [-0.3, -0.25) is 9.69 Å². The van der Waals surface area contributed by atoms with Crippen LogP contribution in [0.2, 0.25) is 0 Å². The Hall–Kier alpha value is -2.33. The van der Waals surface area contributed by atoms with Crippen molar-refractivity contribution in [1.82, 2.24) is 4.90 Å². The molecule has 1 N–H and O–H groups in total. The maximum atomic E-state index is 12.6. The molecule has 0 aliphatic carbocycles. The molecule has 1 fully saturated rings. The number of hydrogen-bond donors (Lipinski definition) is 1. The minimum Gasteiger partial charge on any atom is -0.497 e. The van der Waals surface area contributed by atoms with Crippen molar-refractivity contribution in [2.45, 2.75) is 32.7 Å². The molecule has 0 aromatic heterocycles. The number of nitrogens with zero attached hydrogens (tertiary/aromatic N) is 1. The summed E-state index contributed by atoms with van der Waals surface area (Å²) >= 11 is 0. The molecule has 2 aromatic carbocycles. The van der Waals surface area contributed by atoms with Crippen LogP contribution < -0.4 is 10.1 Å². The van der Waals surface area contributed by atoms with Gasteiger partial charge in [0.25, 0.3) is 0 Å². The highest BCUT2D eigenvalue weighted by Gasteiger charge is 2.28. The van der Waals surface area contributed by atoms with Crippen molar-refractivity contribution in [3.63, 3.8) is 0 Å². The summed E-state index contributed by atoms with van der Waals surface area (Å²) in [5, 5.41) is 3.09. The second kappa shape index (κ2) is 7.70. The second-order valence-corrected chi connectivity index (χ2v) is 6.72. The van der Waals surface area contributed by atoms with Crippen LogP contribution in [0, 0.1) is 13.8 Å². The zero-order valence-electron chi connectivity index (χ0n) is 15.2. The van der Waals surface area contributed by atoms with Gasteiger partial charge in [-0.15, -0.1) is 0 Å². The van der Waals surface area contributed by atoms with E-state index in [1.54, 1.807) is 7.11 Å². The smallest absolute Gasteiger partial charge is 0.238 e. The molecule has 1 atom stereocenters. The summed E-state index contributed by atoms with van der Waals surface area (Å²) in [6.07, 6.45) is 2.18. The van der Waals surface area contributed by atoms with Gasteiger partial charge in [-0.25, -0.2) is 0 Å². The van der Waals surface area contributed by atoms with Crippen molar-refractivity contribution < 1.29 is 9.53 Å². The number of anilines is 1. The Labute approximate surface area is 149 Å². The van der Waals surface area contributed by atoms with E-state index in [0.717, 1.165) is 42.0 Å². The average molecular weight is 338 g/mol. The van der Waals surface area contributed by atoms with E-state index in [1.165, 1.54) is 5.56 Å². The Kier molecular flexibility index (Phi) is 5.39. The molecule has 0 spiro atoms. The van der Waals surface area contributed by atoms with Crippen molar-refractivity contribution in [2.75, 3.05) is 25.5 Å². The lowest BCUT2D eigenvalue weighted by atomic mass is 10.0. The van der Waals surface area contributed by atoms with E-state index in [9.17, 15) is 4.79 Å². The number of nitrogens with one attached hydrogen (secondary N) is 1. The number of ether oxygens (including phenoxy) is 1. The fraction of sp³-hybridized carbons (Fsp3) is 0.381. The van der Waals surface area contributed by atoms with Gasteiger partial charge in [-0.1, -0.05) is 30.3 Å². The largest absolute Gasteiger partial charge is 0.497 e. The average Bonchev–Trinajstić information content (AvgIpc) is 3.06. The lowest BCUT2D eigenvalue weighted by Gasteiger charge is -2.25. The lowest BCUT2D eigenvalue weighted by molar-refractivity contribution is -0.117. The first-order valence-electron chi connectivity index (χ1n) is 8.82. The van der Waals surface area contributed by atoms with Gasteiger partial charge in [0, 0.05) is 11.7 Å². The van der Waals surface area contributed by atoms with Gasteiger partial charge in [-0.2, -0.15) is 0 Å². The normalized spacial score (nSPS) is 17.5. The van der Waals surface area contributed by atoms with Crippen molar-refractivity contribution >= 4 is 11.6 Å². The molecule has 4 nitrogen and oxygen atoms in total. The molecule has 3 rings (SSSR count). The summed E-state index contributed by atoms with van der Waals surface area (Å²) in [4.78, 5) is 14.9. The van der Waals surface area contributed by atoms with Crippen molar-refractivity contribution in [1.29, 1.82) is 0 Å². The highest BCUT2D eigenvalue weighted by atomic mass is 16.5. The van der Waals surface area contributed by atoms with E-state index >= 15 is 0 Å². The maximum absolute atomic E-state index is 12.6. The second-order valence-electron chi connectivity index (χ2n) is 6.72. The molecule has 2 aromatic rings. The van der Waals surface area contributed by atoms with Crippen LogP contribution in [0.15, 0.2) is 42.5 Å². The minimum absolute atomic E-state index is 0.0483. The number of benzene rings is 2. The van der Waals surface area contributed by atoms with Crippen LogP contribution in [0.1, 0.15) is 35.6 Å². The molecule has 1 saturated heterocycles. The molecule has 25 heavy (non-hydrogen) atoms. The van der Waals surface area contributed by atoms with Crippen LogP contribution in [-0.2, 0) is 4.79 Å². The molecule has 0 saturated carbocycles. The van der Waals surface area contributed by atoms with E-state index < -0.39 is 0 Å². The third kappa shape index (κ3) is 4.02. The van der Waals surface area contributed by atoms with Gasteiger partial charge < -0.3 is 10.1 Å². The number of methoxy groups -OCH3 is 1. The standard InChI is InChI=1S/C21H26N2O2/c1-15-7-4-8-16(2)21(15)22-20(24)14-23-12-6-11-19(23)17-9-5-10-18(13-17)25-3/h4-5,7-10,13,19H,6,11-12,14H2,1-3H3,(H,22,24)/t19-/m0/s1. The van der Waals surface area contributed by atoms with Gasteiger partial charge in [0.05, 0.1) is 13.7 Å². The van der Waals surface area contributed by atoms with E-state index in [1.807, 2.05) is 44.2 Å². The van der Waals surface area contributed by atoms with E-state index in [0.29, 0.717) is 6.54 Å². The lowest BCUT2D eigenvalue weighted by Crippen LogP contribution is -2.33. The van der Waals surface area contributed by atoms with Crippen molar-refractivity contribution in [3.8, 4) is 5.75 Å². The Morgan fingerprint density at radius 1 is 1.20 bits per heavy atom. The molecule has 1 heterocycles. The number of amides is 1. The summed E-state index contributed by atoms with van der Waals surface area (Å²) in [7, 11) is 1.68. The highest BCUT2D eigenvalue weighted by molar-refractivity contribution is 5.93. The number of carbonyl (C=O) groups is 1. The Balaban J connectivity index is 1.70. The predicted molar refractivity (Wildman–Crippen MR) is 101 cm³/mol. The fourth-order valence-electron chi connectivity index (χ4n) is 3.62. The van der Waals surface area contributed by atoms with Gasteiger partial charge in [0.15, 0.2) is 0 Å². The Morgan fingerprint density at radius 2 is 1.92 bits per heavy atom. The van der Waals surface area contributed by atoms with Crippen LogP contribution in [-0.4, -0.2) is 31.0 Å². The first-order chi connectivity index (χ1) is 12.1. The maximum Gasteiger partial charge on any atom is 0.238 e. The molecule has 1 aliphatic heterocycles. The number of para-hydroxylation sites is 1. The zero-order chi connectivity index (χ0) is 17.8. The number of likely N-dealkylation sites (tertiary alicyclic amines) is 1. The first-order valence-corrected chi connectivity index (χ1v) is 8.82. The van der Waals surface area contributed by atoms with E-state index in [4.69, 9.17) is 4.74 Å². The highest BCUT2D eigenvalue weighted by Crippen LogP contribution is 2.33. The quantitative estimate of drug-likeness (QED) is 0.893. The summed E-state index contributed by atoms with van der Waals surface area (Å²) in [5.74, 6) is 0.913. The number of rotatable bonds is 5. The van der Waals surface area contributed by atoms with Crippen LogP contribution in [0.25, 0.3) is 0 Å². The molecule has 0 bridgehead atoms. The number of aryl methyl sites for hydroxylation is 2. The van der Waals surface area contributed by atoms with Crippen LogP contribution in [0.4, 0.5) is 5.69 Å². The van der Waals surface area contributed by atoms with Crippen molar-refractivity contribution in [3.05, 3.63) is 59.2 Å². The number of carbonyl (C=O) groups excluding carboxylic acids is 1. The SMILES string of the molecule is COc1cccc([C@@H]2CCCN2CC(=O)Nc2c(C)cccc2C)c1. The molecule has 4 heteroatoms. The van der Waals surface area contributed by atoms with Crippen LogP contribution in [0.5, 0.6) is 5.75 Å². The molecule has 132 valence electrons. The summed E-state index contributed by atoms with van der Waals surface area (Å²) in [5.41, 5.74) is 4.35. The minimum atomic E-state index is 0.0483. The topological polar surface area (TPSA) is 41.6 Å². The fourth-order valence-corrected chi connectivity index (χ4v) is 3.62. The van der Waals surface area contributed by atoms with Crippen LogP contribution in [0.3, 0.4) is 0 Å². The molecule has 1 aliphatic rings. The van der Waals surface area contributed by atoms with Gasteiger partial charge in [-0.05, 0) is 62.1 Å².